The molecule has 1 heterocycles. The van der Waals surface area contributed by atoms with Gasteiger partial charge in [-0.1, -0.05) is 97.9 Å². The van der Waals surface area contributed by atoms with Gasteiger partial charge in [-0.05, 0) is 47.4 Å². The summed E-state index contributed by atoms with van der Waals surface area (Å²) in [6.07, 6.45) is -1.78. The van der Waals surface area contributed by atoms with Gasteiger partial charge in [0, 0.05) is 12.2 Å². The number of nitrogens with zero attached hydrogens (tertiary/aromatic N) is 1. The van der Waals surface area contributed by atoms with E-state index in [1.54, 1.807) is 17.0 Å². The second-order valence-electron chi connectivity index (χ2n) is 11.4. The Bertz CT molecular complexity index is 1520. The molecule has 4 aromatic rings. The molecule has 0 spiro atoms. The highest BCUT2D eigenvalue weighted by atomic mass is 19.1. The fourth-order valence-electron chi connectivity index (χ4n) is 5.56. The molecule has 8 nitrogen and oxygen atoms in total. The monoisotopic (exact) mass is 640 g/mol. The molecule has 0 aliphatic carbocycles. The molecule has 47 heavy (non-hydrogen) atoms. The molecule has 246 valence electrons. The Labute approximate surface area is 275 Å². The van der Waals surface area contributed by atoms with Crippen LogP contribution in [0.15, 0.2) is 115 Å². The first-order chi connectivity index (χ1) is 23.0. The number of nitrogens with one attached hydrogen (secondary N) is 1. The lowest BCUT2D eigenvalue weighted by Crippen LogP contribution is -2.67. The first kappa shape index (κ1) is 33.8. The Kier molecular flexibility index (Phi) is 12.5. The maximum atomic E-state index is 14.3. The maximum absolute atomic E-state index is 14.3. The third kappa shape index (κ3) is 9.71. The van der Waals surface area contributed by atoms with E-state index in [0.717, 1.165) is 16.7 Å². The number of likely N-dealkylation sites (tertiary alicyclic amines) is 1. The van der Waals surface area contributed by atoms with Gasteiger partial charge in [0.15, 0.2) is 6.10 Å². The van der Waals surface area contributed by atoms with Crippen LogP contribution in [0.25, 0.3) is 0 Å². The number of hydrogen-bond donors (Lipinski definition) is 1. The third-order valence-electron chi connectivity index (χ3n) is 7.93. The van der Waals surface area contributed by atoms with Gasteiger partial charge in [0.05, 0.1) is 25.9 Å². The number of halogens is 1. The number of esters is 1. The van der Waals surface area contributed by atoms with Crippen LogP contribution < -0.4 is 5.32 Å². The molecule has 0 saturated carbocycles. The van der Waals surface area contributed by atoms with Crippen LogP contribution in [0.5, 0.6) is 0 Å². The summed E-state index contributed by atoms with van der Waals surface area (Å²) in [5.74, 6) is -1.14. The van der Waals surface area contributed by atoms with Crippen LogP contribution in [0.3, 0.4) is 0 Å². The number of anilines is 1. The van der Waals surface area contributed by atoms with E-state index in [9.17, 15) is 14.0 Å². The van der Waals surface area contributed by atoms with Crippen LogP contribution in [0.1, 0.15) is 30.0 Å². The van der Waals surface area contributed by atoms with Crippen LogP contribution in [-0.2, 0) is 48.4 Å². The zero-order chi connectivity index (χ0) is 32.8. The highest BCUT2D eigenvalue weighted by Crippen LogP contribution is 2.30. The Morgan fingerprint density at radius 1 is 0.723 bits per heavy atom. The standard InChI is InChI=1S/C38H41FN2O6/c1-2-22-41-33(27-44-34(42)23-40-32-20-18-31(39)19-21-32)35(45-24-28-12-6-3-7-13-28)36(46-25-29-14-8-4-9-15-29)37(38(41)43)47-26-30-16-10-5-11-17-30/h3-21,33,35-37,40H,2,22-27H2,1H3/t33-,35-,36-,37-/m1/s1. The van der Waals surface area contributed by atoms with Crippen molar-refractivity contribution in [1.82, 2.24) is 4.90 Å². The molecule has 1 fully saturated rings. The minimum Gasteiger partial charge on any atom is -0.462 e. The van der Waals surface area contributed by atoms with Gasteiger partial charge in [0.1, 0.15) is 31.2 Å². The fraction of sp³-hybridized carbons (Fsp3) is 0.316. The number of piperidine rings is 1. The zero-order valence-electron chi connectivity index (χ0n) is 26.5. The summed E-state index contributed by atoms with van der Waals surface area (Å²) >= 11 is 0. The van der Waals surface area contributed by atoms with Crippen LogP contribution in [0, 0.1) is 5.82 Å². The highest BCUT2D eigenvalue weighted by Gasteiger charge is 2.51. The van der Waals surface area contributed by atoms with Gasteiger partial charge in [0.2, 0.25) is 0 Å². The Balaban J connectivity index is 1.40. The van der Waals surface area contributed by atoms with E-state index >= 15 is 0 Å². The molecule has 1 amide bonds. The zero-order valence-corrected chi connectivity index (χ0v) is 26.5. The number of amides is 1. The minimum atomic E-state index is -0.960. The lowest BCUT2D eigenvalue weighted by molar-refractivity contribution is -0.213. The van der Waals surface area contributed by atoms with Crippen molar-refractivity contribution in [3.05, 3.63) is 138 Å². The molecule has 5 rings (SSSR count). The van der Waals surface area contributed by atoms with Crippen molar-refractivity contribution in [3.63, 3.8) is 0 Å². The molecule has 1 N–H and O–H groups in total. The Morgan fingerprint density at radius 2 is 1.23 bits per heavy atom. The molecule has 1 saturated heterocycles. The summed E-state index contributed by atoms with van der Waals surface area (Å²) < 4.78 is 38.6. The van der Waals surface area contributed by atoms with Crippen molar-refractivity contribution in [3.8, 4) is 0 Å². The minimum absolute atomic E-state index is 0.105. The number of carbonyl (C=O) groups excluding carboxylic acids is 2. The second kappa shape index (κ2) is 17.4. The second-order valence-corrected chi connectivity index (χ2v) is 11.4. The topological polar surface area (TPSA) is 86.3 Å². The van der Waals surface area contributed by atoms with Gasteiger partial charge in [-0.2, -0.15) is 0 Å². The molecule has 0 radical (unpaired) electrons. The van der Waals surface area contributed by atoms with Crippen molar-refractivity contribution in [2.75, 3.05) is 25.0 Å². The van der Waals surface area contributed by atoms with E-state index in [2.05, 4.69) is 5.32 Å². The first-order valence-corrected chi connectivity index (χ1v) is 15.9. The molecular formula is C38H41FN2O6. The van der Waals surface area contributed by atoms with Gasteiger partial charge in [0.25, 0.3) is 5.91 Å². The number of hydrogen-bond acceptors (Lipinski definition) is 7. The largest absolute Gasteiger partial charge is 0.462 e. The quantitative estimate of drug-likeness (QED) is 0.147. The van der Waals surface area contributed by atoms with Crippen LogP contribution in [0.4, 0.5) is 10.1 Å². The first-order valence-electron chi connectivity index (χ1n) is 15.9. The van der Waals surface area contributed by atoms with E-state index in [1.807, 2.05) is 97.9 Å². The molecule has 1 aliphatic rings. The van der Waals surface area contributed by atoms with Crippen molar-refractivity contribution >= 4 is 17.6 Å². The molecule has 0 unspecified atom stereocenters. The van der Waals surface area contributed by atoms with Gasteiger partial charge in [-0.3, -0.25) is 9.59 Å². The number of carbonyl (C=O) groups is 2. The van der Waals surface area contributed by atoms with E-state index in [1.165, 1.54) is 12.1 Å². The van der Waals surface area contributed by atoms with Crippen LogP contribution in [-0.4, -0.2) is 60.8 Å². The van der Waals surface area contributed by atoms with E-state index < -0.39 is 30.3 Å². The molecule has 1 aliphatic heterocycles. The smallest absolute Gasteiger partial charge is 0.325 e. The summed E-state index contributed by atoms with van der Waals surface area (Å²) in [7, 11) is 0. The number of ether oxygens (including phenoxy) is 4. The Hall–Kier alpha value is -4.57. The van der Waals surface area contributed by atoms with E-state index in [4.69, 9.17) is 18.9 Å². The molecule has 4 aromatic carbocycles. The summed E-state index contributed by atoms with van der Waals surface area (Å²) in [5, 5.41) is 2.95. The summed E-state index contributed by atoms with van der Waals surface area (Å²) in [5.41, 5.74) is 3.40. The third-order valence-corrected chi connectivity index (χ3v) is 7.93. The molecule has 4 atom stereocenters. The van der Waals surface area contributed by atoms with Gasteiger partial charge < -0.3 is 29.2 Å². The molecule has 0 bridgehead atoms. The predicted octanol–water partition coefficient (Wildman–Crippen LogP) is 6.16. The van der Waals surface area contributed by atoms with Crippen molar-refractivity contribution < 1.29 is 32.9 Å². The molecule has 0 aromatic heterocycles. The van der Waals surface area contributed by atoms with Crippen LogP contribution in [0.2, 0.25) is 0 Å². The van der Waals surface area contributed by atoms with Crippen LogP contribution >= 0.6 is 0 Å². The number of rotatable bonds is 16. The highest BCUT2D eigenvalue weighted by molar-refractivity contribution is 5.83. The lowest BCUT2D eigenvalue weighted by Gasteiger charge is -2.47. The summed E-state index contributed by atoms with van der Waals surface area (Å²) in [6.45, 7) is 2.86. The SMILES string of the molecule is CCCN1C(=O)[C@H](OCc2ccccc2)[C@H](OCc2ccccc2)[C@H](OCc2ccccc2)[C@H]1COC(=O)CNc1ccc(F)cc1. The van der Waals surface area contributed by atoms with Crippen molar-refractivity contribution in [1.29, 1.82) is 0 Å². The number of benzene rings is 4. The van der Waals surface area contributed by atoms with Crippen molar-refractivity contribution in [2.24, 2.45) is 0 Å². The summed E-state index contributed by atoms with van der Waals surface area (Å²) in [4.78, 5) is 28.9. The van der Waals surface area contributed by atoms with E-state index in [0.29, 0.717) is 18.7 Å². The summed E-state index contributed by atoms with van der Waals surface area (Å²) in [6, 6.07) is 34.2. The fourth-order valence-corrected chi connectivity index (χ4v) is 5.56. The predicted molar refractivity (Wildman–Crippen MR) is 177 cm³/mol. The van der Waals surface area contributed by atoms with Gasteiger partial charge in [-0.15, -0.1) is 0 Å². The average molecular weight is 641 g/mol. The maximum Gasteiger partial charge on any atom is 0.325 e. The van der Waals surface area contributed by atoms with Gasteiger partial charge >= 0.3 is 5.97 Å². The average Bonchev–Trinajstić information content (AvgIpc) is 3.11. The normalized spacial score (nSPS) is 19.4. The molecular weight excluding hydrogens is 599 g/mol. The Morgan fingerprint density at radius 3 is 1.77 bits per heavy atom. The van der Waals surface area contributed by atoms with Gasteiger partial charge in [-0.25, -0.2) is 4.39 Å². The molecule has 9 heteroatoms. The van der Waals surface area contributed by atoms with E-state index in [-0.39, 0.29) is 44.7 Å². The lowest BCUT2D eigenvalue weighted by atomic mass is 9.92. The van der Waals surface area contributed by atoms with Crippen molar-refractivity contribution in [2.45, 2.75) is 57.5 Å².